The molecule has 2 atom stereocenters. The standard InChI is InChI=1S/C12H24N2O2S.ClH/c1-10(13)12-5-7-14(9-12)17(15,16)8-6-11-3-2-4-11;/h10-12H,2-9,13H2,1H3;1H. The lowest BCUT2D eigenvalue weighted by Gasteiger charge is -2.26. The van der Waals surface area contributed by atoms with E-state index < -0.39 is 10.0 Å². The molecule has 0 amide bonds. The summed E-state index contributed by atoms with van der Waals surface area (Å²) in [5.41, 5.74) is 5.83. The van der Waals surface area contributed by atoms with Crippen molar-refractivity contribution in [3.05, 3.63) is 0 Å². The van der Waals surface area contributed by atoms with E-state index in [0.29, 0.717) is 30.7 Å². The molecule has 108 valence electrons. The third-order valence-corrected chi connectivity index (χ3v) is 6.20. The average molecular weight is 297 g/mol. The summed E-state index contributed by atoms with van der Waals surface area (Å²) in [5, 5.41) is 0. The first kappa shape index (κ1) is 16.2. The van der Waals surface area contributed by atoms with Gasteiger partial charge in [0.25, 0.3) is 0 Å². The molecule has 0 radical (unpaired) electrons. The second-order valence-electron chi connectivity index (χ2n) is 5.67. The van der Waals surface area contributed by atoms with Crippen LogP contribution >= 0.6 is 12.4 Å². The minimum atomic E-state index is -3.02. The first-order chi connectivity index (χ1) is 7.99. The predicted molar refractivity (Wildman–Crippen MR) is 76.3 cm³/mol. The Balaban J connectivity index is 0.00000162. The number of hydrogen-bond donors (Lipinski definition) is 1. The van der Waals surface area contributed by atoms with E-state index >= 15 is 0 Å². The zero-order valence-corrected chi connectivity index (χ0v) is 12.7. The SMILES string of the molecule is CC(N)C1CCN(S(=O)(=O)CCC2CCC2)C1.Cl. The van der Waals surface area contributed by atoms with Crippen LogP contribution in [0.1, 0.15) is 39.0 Å². The van der Waals surface area contributed by atoms with Crippen molar-refractivity contribution in [3.63, 3.8) is 0 Å². The van der Waals surface area contributed by atoms with Crippen LogP contribution in [0, 0.1) is 11.8 Å². The van der Waals surface area contributed by atoms with Gasteiger partial charge in [-0.25, -0.2) is 12.7 Å². The van der Waals surface area contributed by atoms with Crippen LogP contribution in [0.25, 0.3) is 0 Å². The van der Waals surface area contributed by atoms with E-state index in [1.54, 1.807) is 4.31 Å². The van der Waals surface area contributed by atoms with Crippen LogP contribution in [-0.2, 0) is 10.0 Å². The third-order valence-electron chi connectivity index (χ3n) is 4.33. The van der Waals surface area contributed by atoms with Gasteiger partial charge in [0, 0.05) is 19.1 Å². The summed E-state index contributed by atoms with van der Waals surface area (Å²) in [5.74, 6) is 1.34. The molecule has 1 saturated carbocycles. The molecule has 18 heavy (non-hydrogen) atoms. The zero-order chi connectivity index (χ0) is 12.5. The number of hydrogen-bond acceptors (Lipinski definition) is 3. The molecule has 2 rings (SSSR count). The van der Waals surface area contributed by atoms with E-state index in [2.05, 4.69) is 0 Å². The van der Waals surface area contributed by atoms with Crippen LogP contribution in [0.4, 0.5) is 0 Å². The van der Waals surface area contributed by atoms with E-state index in [4.69, 9.17) is 5.73 Å². The molecule has 0 aromatic heterocycles. The molecule has 4 nitrogen and oxygen atoms in total. The average Bonchev–Trinajstić information content (AvgIpc) is 2.63. The van der Waals surface area contributed by atoms with E-state index in [9.17, 15) is 8.42 Å². The minimum absolute atomic E-state index is 0. The smallest absolute Gasteiger partial charge is 0.214 e. The summed E-state index contributed by atoms with van der Waals surface area (Å²) in [6.07, 6.45) is 5.49. The quantitative estimate of drug-likeness (QED) is 0.838. The maximum absolute atomic E-state index is 12.1. The van der Waals surface area contributed by atoms with Gasteiger partial charge < -0.3 is 5.73 Å². The second kappa shape index (κ2) is 6.55. The first-order valence-electron chi connectivity index (χ1n) is 6.72. The Bertz CT molecular complexity index is 355. The molecule has 1 aliphatic carbocycles. The van der Waals surface area contributed by atoms with Gasteiger partial charge in [0.1, 0.15) is 0 Å². The molecule has 1 heterocycles. The van der Waals surface area contributed by atoms with Crippen LogP contribution in [-0.4, -0.2) is 37.6 Å². The van der Waals surface area contributed by atoms with Crippen molar-refractivity contribution in [2.45, 2.75) is 45.1 Å². The monoisotopic (exact) mass is 296 g/mol. The molecule has 0 bridgehead atoms. The molecule has 0 aromatic carbocycles. The fourth-order valence-electron chi connectivity index (χ4n) is 2.66. The molecule has 2 aliphatic rings. The fraction of sp³-hybridized carbons (Fsp3) is 1.00. The van der Waals surface area contributed by atoms with Gasteiger partial charge in [-0.05, 0) is 31.6 Å². The molecule has 6 heteroatoms. The summed E-state index contributed by atoms with van der Waals surface area (Å²) in [6, 6.07) is 0.0989. The second-order valence-corrected chi connectivity index (χ2v) is 7.76. The minimum Gasteiger partial charge on any atom is -0.328 e. The molecular formula is C12H25ClN2O2S. The zero-order valence-electron chi connectivity index (χ0n) is 11.0. The fourth-order valence-corrected chi connectivity index (χ4v) is 4.35. The molecule has 2 unspecified atom stereocenters. The van der Waals surface area contributed by atoms with Crippen molar-refractivity contribution < 1.29 is 8.42 Å². The molecular weight excluding hydrogens is 272 g/mol. The van der Waals surface area contributed by atoms with Crippen molar-refractivity contribution in [2.24, 2.45) is 17.6 Å². The molecule has 1 saturated heterocycles. The summed E-state index contributed by atoms with van der Waals surface area (Å²) >= 11 is 0. The van der Waals surface area contributed by atoms with Crippen molar-refractivity contribution in [3.8, 4) is 0 Å². The Morgan fingerprint density at radius 2 is 2.00 bits per heavy atom. The maximum atomic E-state index is 12.1. The Kier molecular flexibility index (Phi) is 5.90. The lowest BCUT2D eigenvalue weighted by Crippen LogP contribution is -2.35. The van der Waals surface area contributed by atoms with Crippen molar-refractivity contribution in [1.82, 2.24) is 4.31 Å². The number of rotatable bonds is 5. The Hall–Kier alpha value is 0.160. The number of halogens is 1. The Labute approximate surface area is 117 Å². The summed E-state index contributed by atoms with van der Waals surface area (Å²) in [4.78, 5) is 0. The number of nitrogens with zero attached hydrogens (tertiary/aromatic N) is 1. The van der Waals surface area contributed by atoms with Crippen LogP contribution in [0.5, 0.6) is 0 Å². The lowest BCUT2D eigenvalue weighted by molar-refractivity contribution is 0.305. The first-order valence-corrected chi connectivity index (χ1v) is 8.33. The van der Waals surface area contributed by atoms with Gasteiger partial charge in [-0.15, -0.1) is 12.4 Å². The van der Waals surface area contributed by atoms with E-state index in [1.165, 1.54) is 19.3 Å². The van der Waals surface area contributed by atoms with Gasteiger partial charge in [0.2, 0.25) is 10.0 Å². The van der Waals surface area contributed by atoms with Gasteiger partial charge in [0.15, 0.2) is 0 Å². The topological polar surface area (TPSA) is 63.4 Å². The highest BCUT2D eigenvalue weighted by Crippen LogP contribution is 2.30. The molecule has 2 fully saturated rings. The summed E-state index contributed by atoms with van der Waals surface area (Å²) < 4.78 is 25.9. The van der Waals surface area contributed by atoms with Crippen LogP contribution in [0.3, 0.4) is 0 Å². The Morgan fingerprint density at radius 3 is 2.44 bits per heavy atom. The molecule has 0 aromatic rings. The van der Waals surface area contributed by atoms with Crippen molar-refractivity contribution in [2.75, 3.05) is 18.8 Å². The molecule has 1 aliphatic heterocycles. The Morgan fingerprint density at radius 1 is 1.33 bits per heavy atom. The maximum Gasteiger partial charge on any atom is 0.214 e. The number of nitrogens with two attached hydrogens (primary N) is 1. The summed E-state index contributed by atoms with van der Waals surface area (Å²) in [7, 11) is -3.02. The lowest BCUT2D eigenvalue weighted by atomic mass is 9.84. The van der Waals surface area contributed by atoms with Gasteiger partial charge in [0.05, 0.1) is 5.75 Å². The van der Waals surface area contributed by atoms with Crippen LogP contribution in [0.2, 0.25) is 0 Å². The van der Waals surface area contributed by atoms with Crippen LogP contribution < -0.4 is 5.73 Å². The molecule has 0 spiro atoms. The molecule has 2 N–H and O–H groups in total. The van der Waals surface area contributed by atoms with Crippen molar-refractivity contribution in [1.29, 1.82) is 0 Å². The predicted octanol–water partition coefficient (Wildman–Crippen LogP) is 1.60. The van der Waals surface area contributed by atoms with Crippen LogP contribution in [0.15, 0.2) is 0 Å². The van der Waals surface area contributed by atoms with Gasteiger partial charge in [-0.3, -0.25) is 0 Å². The van der Waals surface area contributed by atoms with Crippen molar-refractivity contribution >= 4 is 22.4 Å². The van der Waals surface area contributed by atoms with Gasteiger partial charge in [-0.2, -0.15) is 0 Å². The van der Waals surface area contributed by atoms with E-state index in [-0.39, 0.29) is 18.4 Å². The summed E-state index contributed by atoms with van der Waals surface area (Å²) in [6.45, 7) is 3.26. The highest BCUT2D eigenvalue weighted by atomic mass is 35.5. The highest BCUT2D eigenvalue weighted by Gasteiger charge is 2.33. The normalized spacial score (nSPS) is 27.6. The van der Waals surface area contributed by atoms with Gasteiger partial charge >= 0.3 is 0 Å². The number of sulfonamides is 1. The highest BCUT2D eigenvalue weighted by molar-refractivity contribution is 7.89. The van der Waals surface area contributed by atoms with Gasteiger partial charge in [-0.1, -0.05) is 19.3 Å². The van der Waals surface area contributed by atoms with E-state index in [1.807, 2.05) is 6.92 Å². The van der Waals surface area contributed by atoms with E-state index in [0.717, 1.165) is 12.8 Å². The third kappa shape index (κ3) is 3.83. The largest absolute Gasteiger partial charge is 0.328 e.